The van der Waals surface area contributed by atoms with Gasteiger partial charge >= 0.3 is 0 Å². The van der Waals surface area contributed by atoms with Gasteiger partial charge in [-0.15, -0.1) is 0 Å². The molecule has 5 heteroatoms. The Morgan fingerprint density at radius 3 is 3.00 bits per heavy atom. The Kier molecular flexibility index (Phi) is 5.30. The van der Waals surface area contributed by atoms with Crippen molar-refractivity contribution < 1.29 is 4.79 Å². The van der Waals surface area contributed by atoms with Crippen molar-refractivity contribution in [1.82, 2.24) is 14.9 Å². The van der Waals surface area contributed by atoms with E-state index in [1.165, 1.54) is 31.2 Å². The lowest BCUT2D eigenvalue weighted by Gasteiger charge is -2.24. The van der Waals surface area contributed by atoms with Gasteiger partial charge in [0, 0.05) is 36.6 Å². The summed E-state index contributed by atoms with van der Waals surface area (Å²) >= 11 is 0. The number of nitrogens with one attached hydrogen (secondary N) is 2. The zero-order chi connectivity index (χ0) is 18.8. The molecule has 1 aromatic carbocycles. The fraction of sp³-hybridized carbons (Fsp3) is 0.545. The molecule has 0 radical (unpaired) electrons. The molecule has 2 aliphatic rings. The molecule has 144 valence electrons. The third-order valence-corrected chi connectivity index (χ3v) is 5.99. The van der Waals surface area contributed by atoms with Gasteiger partial charge in [0.25, 0.3) is 0 Å². The molecular weight excluding hydrogens is 336 g/mol. The number of benzene rings is 1. The molecule has 0 spiro atoms. The Labute approximate surface area is 161 Å². The van der Waals surface area contributed by atoms with Crippen molar-refractivity contribution in [3.63, 3.8) is 0 Å². The standard InChI is InChI=1S/C22H30N4O/c1-15(2)21-23-10-11-26(21)14-16-6-5-8-18(12-16)24-22(27)20-13-17-7-3-4-9-19(17)25-20/h5-6,8,10-12,15,17,19-20,25H,3-4,7,9,13-14H2,1-2H3,(H,24,27). The number of fused-ring (bicyclic) bond motifs is 1. The molecule has 3 unspecified atom stereocenters. The van der Waals surface area contributed by atoms with Crippen LogP contribution in [-0.4, -0.2) is 27.5 Å². The van der Waals surface area contributed by atoms with Crippen LogP contribution >= 0.6 is 0 Å². The van der Waals surface area contributed by atoms with Crippen LogP contribution in [0.3, 0.4) is 0 Å². The number of hydrogen-bond acceptors (Lipinski definition) is 3. The predicted octanol–water partition coefficient (Wildman–Crippen LogP) is 3.91. The summed E-state index contributed by atoms with van der Waals surface area (Å²) in [5.74, 6) is 2.26. The molecular formula is C22H30N4O. The van der Waals surface area contributed by atoms with Gasteiger partial charge in [-0.2, -0.15) is 0 Å². The molecule has 27 heavy (non-hydrogen) atoms. The molecule has 3 atom stereocenters. The summed E-state index contributed by atoms with van der Waals surface area (Å²) < 4.78 is 2.18. The summed E-state index contributed by atoms with van der Waals surface area (Å²) in [5.41, 5.74) is 2.04. The molecule has 0 bridgehead atoms. The maximum absolute atomic E-state index is 12.7. The third-order valence-electron chi connectivity index (χ3n) is 5.99. The lowest BCUT2D eigenvalue weighted by atomic mass is 9.85. The molecule has 5 nitrogen and oxygen atoms in total. The van der Waals surface area contributed by atoms with Gasteiger partial charge in [0.2, 0.25) is 5.91 Å². The second kappa shape index (κ2) is 7.85. The Morgan fingerprint density at radius 1 is 1.33 bits per heavy atom. The summed E-state index contributed by atoms with van der Waals surface area (Å²) in [5, 5.41) is 6.68. The zero-order valence-corrected chi connectivity index (χ0v) is 16.3. The van der Waals surface area contributed by atoms with E-state index in [4.69, 9.17) is 0 Å². The number of rotatable bonds is 5. The lowest BCUT2D eigenvalue weighted by molar-refractivity contribution is -0.117. The summed E-state index contributed by atoms with van der Waals surface area (Å²) in [6.45, 7) is 5.08. The first-order valence-corrected chi connectivity index (χ1v) is 10.3. The van der Waals surface area contributed by atoms with E-state index in [2.05, 4.69) is 46.2 Å². The number of imidazole rings is 1. The average molecular weight is 367 g/mol. The molecule has 1 saturated carbocycles. The molecule has 2 heterocycles. The van der Waals surface area contributed by atoms with E-state index in [1.54, 1.807) is 0 Å². The second-order valence-corrected chi connectivity index (χ2v) is 8.36. The van der Waals surface area contributed by atoms with Gasteiger partial charge in [-0.3, -0.25) is 4.79 Å². The number of aromatic nitrogens is 2. The first-order chi connectivity index (χ1) is 13.1. The fourth-order valence-corrected chi connectivity index (χ4v) is 4.65. The van der Waals surface area contributed by atoms with Gasteiger partial charge in [-0.25, -0.2) is 4.98 Å². The number of anilines is 1. The van der Waals surface area contributed by atoms with Crippen molar-refractivity contribution >= 4 is 11.6 Å². The van der Waals surface area contributed by atoms with Gasteiger partial charge in [-0.05, 0) is 42.9 Å². The Hall–Kier alpha value is -2.14. The van der Waals surface area contributed by atoms with E-state index in [0.29, 0.717) is 17.9 Å². The molecule has 1 aliphatic heterocycles. The first kappa shape index (κ1) is 18.2. The number of carbonyl (C=O) groups excluding carboxylic acids is 1. The van der Waals surface area contributed by atoms with Gasteiger partial charge in [0.05, 0.1) is 6.04 Å². The highest BCUT2D eigenvalue weighted by Gasteiger charge is 2.38. The second-order valence-electron chi connectivity index (χ2n) is 8.36. The van der Waals surface area contributed by atoms with Crippen LogP contribution in [0, 0.1) is 5.92 Å². The van der Waals surface area contributed by atoms with Crippen molar-refractivity contribution in [2.75, 3.05) is 5.32 Å². The largest absolute Gasteiger partial charge is 0.330 e. The number of carbonyl (C=O) groups is 1. The lowest BCUT2D eigenvalue weighted by Crippen LogP contribution is -2.39. The van der Waals surface area contributed by atoms with E-state index in [9.17, 15) is 4.79 Å². The molecule has 1 saturated heterocycles. The van der Waals surface area contributed by atoms with Crippen molar-refractivity contribution in [2.45, 2.75) is 70.5 Å². The van der Waals surface area contributed by atoms with Gasteiger partial charge < -0.3 is 15.2 Å². The number of nitrogens with zero attached hydrogens (tertiary/aromatic N) is 2. The minimum absolute atomic E-state index is 0.0528. The monoisotopic (exact) mass is 366 g/mol. The van der Waals surface area contributed by atoms with E-state index in [-0.39, 0.29) is 11.9 Å². The molecule has 1 aliphatic carbocycles. The van der Waals surface area contributed by atoms with Gasteiger partial charge in [-0.1, -0.05) is 38.8 Å². The minimum atomic E-state index is -0.0528. The van der Waals surface area contributed by atoms with E-state index in [0.717, 1.165) is 24.5 Å². The van der Waals surface area contributed by atoms with Crippen LogP contribution < -0.4 is 10.6 Å². The average Bonchev–Trinajstić information content (AvgIpc) is 3.28. The summed E-state index contributed by atoms with van der Waals surface area (Å²) in [7, 11) is 0. The smallest absolute Gasteiger partial charge is 0.241 e. The van der Waals surface area contributed by atoms with Crippen LogP contribution in [0.15, 0.2) is 36.7 Å². The minimum Gasteiger partial charge on any atom is -0.330 e. The normalized spacial score (nSPS) is 24.8. The molecule has 1 amide bonds. The quantitative estimate of drug-likeness (QED) is 0.843. The summed E-state index contributed by atoms with van der Waals surface area (Å²) in [6.07, 6.45) is 9.93. The van der Waals surface area contributed by atoms with Crippen LogP contribution in [-0.2, 0) is 11.3 Å². The number of hydrogen-bond donors (Lipinski definition) is 2. The predicted molar refractivity (Wildman–Crippen MR) is 108 cm³/mol. The van der Waals surface area contributed by atoms with Crippen molar-refractivity contribution in [3.05, 3.63) is 48.0 Å². The summed E-state index contributed by atoms with van der Waals surface area (Å²) in [4.78, 5) is 17.2. The molecule has 1 aromatic heterocycles. The first-order valence-electron chi connectivity index (χ1n) is 10.3. The van der Waals surface area contributed by atoms with Gasteiger partial charge in [0.15, 0.2) is 0 Å². The van der Waals surface area contributed by atoms with E-state index >= 15 is 0 Å². The molecule has 2 aromatic rings. The zero-order valence-electron chi connectivity index (χ0n) is 16.3. The van der Waals surface area contributed by atoms with Crippen molar-refractivity contribution in [2.24, 2.45) is 5.92 Å². The van der Waals surface area contributed by atoms with Crippen LogP contribution in [0.5, 0.6) is 0 Å². The van der Waals surface area contributed by atoms with Crippen LogP contribution in [0.1, 0.15) is 63.3 Å². The highest BCUT2D eigenvalue weighted by Crippen LogP contribution is 2.33. The highest BCUT2D eigenvalue weighted by molar-refractivity contribution is 5.95. The Bertz CT molecular complexity index is 783. The third kappa shape index (κ3) is 4.08. The fourth-order valence-electron chi connectivity index (χ4n) is 4.65. The highest BCUT2D eigenvalue weighted by atomic mass is 16.2. The Morgan fingerprint density at radius 2 is 2.19 bits per heavy atom. The van der Waals surface area contributed by atoms with Gasteiger partial charge in [0.1, 0.15) is 5.82 Å². The van der Waals surface area contributed by atoms with E-state index in [1.807, 2.05) is 24.5 Å². The molecule has 4 rings (SSSR count). The maximum Gasteiger partial charge on any atom is 0.241 e. The maximum atomic E-state index is 12.7. The van der Waals surface area contributed by atoms with Crippen molar-refractivity contribution in [1.29, 1.82) is 0 Å². The number of amides is 1. The Balaban J connectivity index is 1.40. The SMILES string of the molecule is CC(C)c1nccn1Cc1cccc(NC(=O)C2CC3CCCCC3N2)c1. The van der Waals surface area contributed by atoms with Crippen LogP contribution in [0.4, 0.5) is 5.69 Å². The van der Waals surface area contributed by atoms with Crippen LogP contribution in [0.25, 0.3) is 0 Å². The summed E-state index contributed by atoms with van der Waals surface area (Å²) in [6, 6.07) is 8.64. The molecule has 2 N–H and O–H groups in total. The molecule has 2 fully saturated rings. The topological polar surface area (TPSA) is 59.0 Å². The van der Waals surface area contributed by atoms with E-state index < -0.39 is 0 Å². The van der Waals surface area contributed by atoms with Crippen molar-refractivity contribution in [3.8, 4) is 0 Å². The van der Waals surface area contributed by atoms with Crippen LogP contribution in [0.2, 0.25) is 0 Å².